The molecule has 7 heteroatoms. The van der Waals surface area contributed by atoms with Crippen LogP contribution >= 0.6 is 0 Å². The van der Waals surface area contributed by atoms with Gasteiger partial charge in [-0.15, -0.1) is 0 Å². The van der Waals surface area contributed by atoms with E-state index in [9.17, 15) is 4.39 Å². The average molecular weight is 423 g/mol. The lowest BCUT2D eigenvalue weighted by molar-refractivity contribution is 0.137. The number of nitrogens with zero attached hydrogens (tertiary/aromatic N) is 6. The second kappa shape index (κ2) is 9.14. The number of halogens is 1. The van der Waals surface area contributed by atoms with Gasteiger partial charge in [0.25, 0.3) is 0 Å². The van der Waals surface area contributed by atoms with Crippen molar-refractivity contribution < 1.29 is 4.39 Å². The van der Waals surface area contributed by atoms with Crippen LogP contribution in [0.3, 0.4) is 0 Å². The van der Waals surface area contributed by atoms with Crippen molar-refractivity contribution >= 4 is 5.95 Å². The maximum atomic E-state index is 13.5. The van der Waals surface area contributed by atoms with Crippen LogP contribution in [0.15, 0.2) is 36.7 Å². The molecule has 0 spiro atoms. The minimum absolute atomic E-state index is 0.180. The third-order valence-electron chi connectivity index (χ3n) is 6.17. The topological polar surface area (TPSA) is 50.1 Å². The minimum Gasteiger partial charge on any atom is -0.347 e. The average Bonchev–Trinajstić information content (AvgIpc) is 3.13. The highest BCUT2D eigenvalue weighted by atomic mass is 19.1. The molecule has 1 atom stereocenters. The Bertz CT molecular complexity index is 1030. The highest BCUT2D eigenvalue weighted by Gasteiger charge is 2.29. The Balaban J connectivity index is 1.74. The Hall–Kier alpha value is -2.80. The summed E-state index contributed by atoms with van der Waals surface area (Å²) >= 11 is 0. The van der Waals surface area contributed by atoms with E-state index in [0.29, 0.717) is 5.95 Å². The Morgan fingerprint density at radius 3 is 2.58 bits per heavy atom. The van der Waals surface area contributed by atoms with Gasteiger partial charge >= 0.3 is 0 Å². The molecule has 3 aromatic rings. The summed E-state index contributed by atoms with van der Waals surface area (Å²) < 4.78 is 15.6. The van der Waals surface area contributed by atoms with E-state index in [1.165, 1.54) is 36.2 Å². The maximum absolute atomic E-state index is 13.5. The third kappa shape index (κ3) is 4.46. The number of aromatic nitrogens is 4. The molecular weight excluding hydrogens is 391 g/mol. The second-order valence-electron chi connectivity index (χ2n) is 8.42. The number of likely N-dealkylation sites (tertiary alicyclic amines) is 1. The highest BCUT2D eigenvalue weighted by molar-refractivity contribution is 5.66. The highest BCUT2D eigenvalue weighted by Crippen LogP contribution is 2.37. The van der Waals surface area contributed by atoms with Gasteiger partial charge in [0, 0.05) is 50.2 Å². The van der Waals surface area contributed by atoms with Crippen molar-refractivity contribution in [3.8, 4) is 11.1 Å². The molecule has 1 aliphatic heterocycles. The number of anilines is 1. The number of hydrogen-bond donors (Lipinski definition) is 0. The predicted molar refractivity (Wildman–Crippen MR) is 121 cm³/mol. The predicted octanol–water partition coefficient (Wildman–Crippen LogP) is 4.60. The number of piperidine rings is 1. The summed E-state index contributed by atoms with van der Waals surface area (Å²) in [4.78, 5) is 14.0. The number of rotatable bonds is 6. The lowest BCUT2D eigenvalue weighted by Gasteiger charge is -2.36. The van der Waals surface area contributed by atoms with Crippen LogP contribution in [-0.2, 0) is 13.1 Å². The van der Waals surface area contributed by atoms with Crippen molar-refractivity contribution in [2.45, 2.75) is 52.2 Å². The molecule has 4 rings (SSSR count). The lowest BCUT2D eigenvalue weighted by Crippen LogP contribution is -2.34. The van der Waals surface area contributed by atoms with Gasteiger partial charge in [-0.25, -0.2) is 14.4 Å². The zero-order valence-electron chi connectivity index (χ0n) is 18.8. The Morgan fingerprint density at radius 2 is 1.90 bits per heavy atom. The molecule has 0 aliphatic carbocycles. The fraction of sp³-hybridized carbons (Fsp3) is 0.458. The summed E-state index contributed by atoms with van der Waals surface area (Å²) in [5.41, 5.74) is 5.43. The molecule has 1 aromatic carbocycles. The van der Waals surface area contributed by atoms with E-state index in [2.05, 4.69) is 28.8 Å². The molecule has 0 saturated carbocycles. The van der Waals surface area contributed by atoms with Crippen LogP contribution in [0.25, 0.3) is 11.1 Å². The molecular formula is C24H31FN6. The van der Waals surface area contributed by atoms with E-state index in [-0.39, 0.29) is 11.9 Å². The van der Waals surface area contributed by atoms with Gasteiger partial charge in [-0.3, -0.25) is 9.58 Å². The molecule has 1 fully saturated rings. The molecule has 0 radical (unpaired) electrons. The minimum atomic E-state index is -0.237. The van der Waals surface area contributed by atoms with Crippen LogP contribution in [-0.4, -0.2) is 45.3 Å². The van der Waals surface area contributed by atoms with Crippen LogP contribution < -0.4 is 4.90 Å². The Labute approximate surface area is 183 Å². The zero-order valence-corrected chi connectivity index (χ0v) is 18.8. The van der Waals surface area contributed by atoms with Gasteiger partial charge in [0.15, 0.2) is 0 Å². The molecule has 2 aromatic heterocycles. The van der Waals surface area contributed by atoms with Crippen LogP contribution in [0.5, 0.6) is 0 Å². The second-order valence-corrected chi connectivity index (χ2v) is 8.42. The molecule has 164 valence electrons. The van der Waals surface area contributed by atoms with Crippen molar-refractivity contribution in [2.24, 2.45) is 0 Å². The van der Waals surface area contributed by atoms with E-state index in [1.807, 2.05) is 48.2 Å². The van der Waals surface area contributed by atoms with E-state index in [0.717, 1.165) is 42.9 Å². The van der Waals surface area contributed by atoms with E-state index < -0.39 is 0 Å². The summed E-state index contributed by atoms with van der Waals surface area (Å²) in [6, 6.07) is 6.81. The normalized spacial score (nSPS) is 17.1. The van der Waals surface area contributed by atoms with Crippen molar-refractivity contribution in [1.29, 1.82) is 0 Å². The van der Waals surface area contributed by atoms with Crippen molar-refractivity contribution in [1.82, 2.24) is 24.6 Å². The maximum Gasteiger partial charge on any atom is 0.225 e. The summed E-state index contributed by atoms with van der Waals surface area (Å²) in [5.74, 6) is 0.459. The smallest absolute Gasteiger partial charge is 0.225 e. The van der Waals surface area contributed by atoms with E-state index in [1.54, 1.807) is 0 Å². The van der Waals surface area contributed by atoms with Gasteiger partial charge in [-0.1, -0.05) is 18.6 Å². The first-order chi connectivity index (χ1) is 15.0. The van der Waals surface area contributed by atoms with E-state index >= 15 is 0 Å². The van der Waals surface area contributed by atoms with Gasteiger partial charge < -0.3 is 4.90 Å². The standard InChI is InChI=1S/C24H31FN6/c1-5-31-17(2)19(14-27-31)16-30-13-7-6-8-22(30)23-21(15-26-24(28-23)29(3)4)18-9-11-20(25)12-10-18/h9-12,14-15,22H,5-8,13,16H2,1-4H3/t22-/m0/s1. The van der Waals surface area contributed by atoms with Gasteiger partial charge in [-0.2, -0.15) is 5.10 Å². The molecule has 1 aliphatic rings. The Morgan fingerprint density at radius 1 is 1.13 bits per heavy atom. The lowest BCUT2D eigenvalue weighted by atomic mass is 9.93. The van der Waals surface area contributed by atoms with Crippen molar-refractivity contribution in [3.63, 3.8) is 0 Å². The van der Waals surface area contributed by atoms with Crippen molar-refractivity contribution in [3.05, 3.63) is 59.4 Å². The van der Waals surface area contributed by atoms with Crippen LogP contribution in [0, 0.1) is 12.7 Å². The van der Waals surface area contributed by atoms with Crippen LogP contribution in [0.1, 0.15) is 49.2 Å². The fourth-order valence-electron chi connectivity index (χ4n) is 4.37. The van der Waals surface area contributed by atoms with Crippen molar-refractivity contribution in [2.75, 3.05) is 25.5 Å². The van der Waals surface area contributed by atoms with Gasteiger partial charge in [0.2, 0.25) is 5.95 Å². The fourth-order valence-corrected chi connectivity index (χ4v) is 4.37. The summed E-state index contributed by atoms with van der Waals surface area (Å²) in [6.45, 7) is 7.00. The molecule has 6 nitrogen and oxygen atoms in total. The molecule has 0 bridgehead atoms. The summed E-state index contributed by atoms with van der Waals surface area (Å²) in [7, 11) is 3.91. The molecule has 31 heavy (non-hydrogen) atoms. The van der Waals surface area contributed by atoms with E-state index in [4.69, 9.17) is 4.98 Å². The largest absolute Gasteiger partial charge is 0.347 e. The number of hydrogen-bond acceptors (Lipinski definition) is 5. The Kier molecular flexibility index (Phi) is 6.32. The molecule has 0 amide bonds. The first kappa shape index (κ1) is 21.4. The first-order valence-electron chi connectivity index (χ1n) is 11.0. The SMILES string of the molecule is CCn1ncc(CN2CCCC[C@H]2c2nc(N(C)C)ncc2-c2ccc(F)cc2)c1C. The van der Waals surface area contributed by atoms with Crippen LogP contribution in [0.2, 0.25) is 0 Å². The third-order valence-corrected chi connectivity index (χ3v) is 6.17. The summed E-state index contributed by atoms with van der Waals surface area (Å²) in [5, 5.41) is 4.53. The zero-order chi connectivity index (χ0) is 22.0. The first-order valence-corrected chi connectivity index (χ1v) is 11.0. The monoisotopic (exact) mass is 422 g/mol. The summed E-state index contributed by atoms with van der Waals surface area (Å²) in [6.07, 6.45) is 7.27. The quantitative estimate of drug-likeness (QED) is 0.581. The molecule has 1 saturated heterocycles. The number of benzene rings is 1. The molecule has 0 unspecified atom stereocenters. The van der Waals surface area contributed by atoms with Gasteiger partial charge in [0.1, 0.15) is 5.82 Å². The number of aryl methyl sites for hydroxylation is 1. The van der Waals surface area contributed by atoms with Gasteiger partial charge in [-0.05, 0) is 50.9 Å². The molecule has 3 heterocycles. The van der Waals surface area contributed by atoms with Crippen LogP contribution in [0.4, 0.5) is 10.3 Å². The molecule has 0 N–H and O–H groups in total. The van der Waals surface area contributed by atoms with Gasteiger partial charge in [0.05, 0.1) is 17.9 Å².